The van der Waals surface area contributed by atoms with E-state index in [4.69, 9.17) is 0 Å². The number of piperidine rings is 1. The van der Waals surface area contributed by atoms with Gasteiger partial charge in [-0.05, 0) is 78.8 Å². The molecule has 0 spiro atoms. The standard InChI is InChI=1S/C16H35N3/c1-14(2)13-17-10-6-7-15(3)19(5)16-8-11-18(4)12-9-16/h14-17H,6-13H2,1-5H3. The molecular formula is C16H35N3. The van der Waals surface area contributed by atoms with Crippen LogP contribution in [0.4, 0.5) is 0 Å². The quantitative estimate of drug-likeness (QED) is 0.683. The smallest absolute Gasteiger partial charge is 0.0119 e. The van der Waals surface area contributed by atoms with E-state index >= 15 is 0 Å². The maximum atomic E-state index is 3.54. The maximum Gasteiger partial charge on any atom is 0.0119 e. The third kappa shape index (κ3) is 6.73. The monoisotopic (exact) mass is 269 g/mol. The molecule has 19 heavy (non-hydrogen) atoms. The molecule has 1 heterocycles. The normalized spacial score (nSPS) is 20.4. The molecular weight excluding hydrogens is 234 g/mol. The van der Waals surface area contributed by atoms with Gasteiger partial charge in [-0.25, -0.2) is 0 Å². The Balaban J connectivity index is 2.12. The summed E-state index contributed by atoms with van der Waals surface area (Å²) in [4.78, 5) is 5.07. The lowest BCUT2D eigenvalue weighted by molar-refractivity contribution is 0.109. The summed E-state index contributed by atoms with van der Waals surface area (Å²) >= 11 is 0. The van der Waals surface area contributed by atoms with Crippen LogP contribution < -0.4 is 5.32 Å². The Morgan fingerprint density at radius 2 is 1.84 bits per heavy atom. The highest BCUT2D eigenvalue weighted by atomic mass is 15.2. The van der Waals surface area contributed by atoms with Gasteiger partial charge in [0.25, 0.3) is 0 Å². The summed E-state index contributed by atoms with van der Waals surface area (Å²) in [6.45, 7) is 11.8. The van der Waals surface area contributed by atoms with Gasteiger partial charge in [-0.3, -0.25) is 0 Å². The number of hydrogen-bond acceptors (Lipinski definition) is 3. The van der Waals surface area contributed by atoms with Crippen LogP contribution in [0.1, 0.15) is 46.5 Å². The average molecular weight is 269 g/mol. The molecule has 1 atom stereocenters. The van der Waals surface area contributed by atoms with Crippen LogP contribution in [0, 0.1) is 5.92 Å². The third-order valence-electron chi connectivity index (χ3n) is 4.49. The predicted octanol–water partition coefficient (Wildman–Crippen LogP) is 2.43. The number of rotatable bonds is 8. The number of hydrogen-bond donors (Lipinski definition) is 1. The van der Waals surface area contributed by atoms with E-state index in [9.17, 15) is 0 Å². The van der Waals surface area contributed by atoms with Crippen LogP contribution in [0.3, 0.4) is 0 Å². The zero-order valence-electron chi connectivity index (χ0n) is 13.8. The molecule has 0 aromatic carbocycles. The fraction of sp³-hybridized carbons (Fsp3) is 1.00. The molecule has 0 aromatic heterocycles. The Kier molecular flexibility index (Phi) is 7.96. The highest BCUT2D eigenvalue weighted by molar-refractivity contribution is 4.79. The SMILES string of the molecule is CC(C)CNCCCC(C)N(C)C1CCN(C)CC1. The fourth-order valence-electron chi connectivity index (χ4n) is 2.88. The van der Waals surface area contributed by atoms with E-state index in [2.05, 4.69) is 50.0 Å². The second-order valence-corrected chi connectivity index (χ2v) is 6.79. The molecule has 1 saturated heterocycles. The van der Waals surface area contributed by atoms with E-state index in [1.807, 2.05) is 0 Å². The molecule has 0 saturated carbocycles. The molecule has 0 aliphatic carbocycles. The molecule has 3 heteroatoms. The van der Waals surface area contributed by atoms with E-state index in [1.54, 1.807) is 0 Å². The second kappa shape index (κ2) is 8.93. The van der Waals surface area contributed by atoms with Gasteiger partial charge in [0.05, 0.1) is 0 Å². The summed E-state index contributed by atoms with van der Waals surface area (Å²) in [6, 6.07) is 1.52. The van der Waals surface area contributed by atoms with Crippen LogP contribution in [-0.2, 0) is 0 Å². The topological polar surface area (TPSA) is 18.5 Å². The molecule has 1 fully saturated rings. The highest BCUT2D eigenvalue weighted by Gasteiger charge is 2.23. The van der Waals surface area contributed by atoms with Gasteiger partial charge in [0, 0.05) is 12.1 Å². The second-order valence-electron chi connectivity index (χ2n) is 6.79. The molecule has 0 aromatic rings. The van der Waals surface area contributed by atoms with Crippen LogP contribution in [0.15, 0.2) is 0 Å². The molecule has 114 valence electrons. The minimum atomic E-state index is 0.717. The minimum Gasteiger partial charge on any atom is -0.316 e. The summed E-state index contributed by atoms with van der Waals surface area (Å²) in [5, 5.41) is 3.54. The molecule has 3 nitrogen and oxygen atoms in total. The van der Waals surface area contributed by atoms with Crippen LogP contribution >= 0.6 is 0 Å². The van der Waals surface area contributed by atoms with Gasteiger partial charge in [-0.15, -0.1) is 0 Å². The van der Waals surface area contributed by atoms with Crippen LogP contribution in [-0.4, -0.2) is 62.2 Å². The molecule has 1 rings (SSSR count). The lowest BCUT2D eigenvalue weighted by Gasteiger charge is -2.38. The van der Waals surface area contributed by atoms with Crippen LogP contribution in [0.2, 0.25) is 0 Å². The van der Waals surface area contributed by atoms with Crippen molar-refractivity contribution in [3.05, 3.63) is 0 Å². The number of nitrogens with zero attached hydrogens (tertiary/aromatic N) is 2. The lowest BCUT2D eigenvalue weighted by Crippen LogP contribution is -2.45. The molecule has 1 aliphatic rings. The van der Waals surface area contributed by atoms with Crippen molar-refractivity contribution >= 4 is 0 Å². The molecule has 1 unspecified atom stereocenters. The van der Waals surface area contributed by atoms with E-state index in [0.717, 1.165) is 18.5 Å². The molecule has 0 bridgehead atoms. The van der Waals surface area contributed by atoms with Gasteiger partial charge >= 0.3 is 0 Å². The van der Waals surface area contributed by atoms with Gasteiger partial charge in [-0.1, -0.05) is 13.8 Å². The third-order valence-corrected chi connectivity index (χ3v) is 4.49. The zero-order valence-corrected chi connectivity index (χ0v) is 13.8. The van der Waals surface area contributed by atoms with Crippen molar-refractivity contribution in [3.8, 4) is 0 Å². The zero-order chi connectivity index (χ0) is 14.3. The van der Waals surface area contributed by atoms with Gasteiger partial charge in [0.15, 0.2) is 0 Å². The summed E-state index contributed by atoms with van der Waals surface area (Å²) in [5.74, 6) is 0.763. The van der Waals surface area contributed by atoms with Crippen LogP contribution in [0.25, 0.3) is 0 Å². The fourth-order valence-corrected chi connectivity index (χ4v) is 2.88. The van der Waals surface area contributed by atoms with Crippen molar-refractivity contribution in [2.24, 2.45) is 5.92 Å². The van der Waals surface area contributed by atoms with Crippen molar-refractivity contribution in [1.29, 1.82) is 0 Å². The molecule has 1 N–H and O–H groups in total. The summed E-state index contributed by atoms with van der Waals surface area (Å²) in [7, 11) is 4.56. The molecule has 1 aliphatic heterocycles. The number of likely N-dealkylation sites (tertiary alicyclic amines) is 1. The predicted molar refractivity (Wildman–Crippen MR) is 84.7 cm³/mol. The molecule has 0 radical (unpaired) electrons. The highest BCUT2D eigenvalue weighted by Crippen LogP contribution is 2.18. The Morgan fingerprint density at radius 3 is 2.42 bits per heavy atom. The average Bonchev–Trinajstić information content (AvgIpc) is 2.37. The Bertz CT molecular complexity index is 222. The lowest BCUT2D eigenvalue weighted by atomic mass is 10.0. The van der Waals surface area contributed by atoms with Crippen molar-refractivity contribution in [2.45, 2.75) is 58.5 Å². The van der Waals surface area contributed by atoms with Gasteiger partial charge < -0.3 is 15.1 Å². The number of nitrogens with one attached hydrogen (secondary N) is 1. The molecule has 0 amide bonds. The first kappa shape index (κ1) is 16.9. The summed E-state index contributed by atoms with van der Waals surface area (Å²) in [6.07, 6.45) is 5.28. The first-order chi connectivity index (χ1) is 9.00. The minimum absolute atomic E-state index is 0.717. The first-order valence-corrected chi connectivity index (χ1v) is 8.12. The van der Waals surface area contributed by atoms with Crippen LogP contribution in [0.5, 0.6) is 0 Å². The van der Waals surface area contributed by atoms with Crippen molar-refractivity contribution in [2.75, 3.05) is 40.3 Å². The Labute approximate surface area is 120 Å². The Hall–Kier alpha value is -0.120. The van der Waals surface area contributed by atoms with E-state index in [1.165, 1.54) is 45.3 Å². The van der Waals surface area contributed by atoms with E-state index < -0.39 is 0 Å². The van der Waals surface area contributed by atoms with Crippen molar-refractivity contribution < 1.29 is 0 Å². The van der Waals surface area contributed by atoms with Crippen molar-refractivity contribution in [1.82, 2.24) is 15.1 Å². The van der Waals surface area contributed by atoms with Gasteiger partial charge in [0.2, 0.25) is 0 Å². The first-order valence-electron chi connectivity index (χ1n) is 8.12. The Morgan fingerprint density at radius 1 is 1.21 bits per heavy atom. The summed E-state index contributed by atoms with van der Waals surface area (Å²) < 4.78 is 0. The van der Waals surface area contributed by atoms with Gasteiger partial charge in [-0.2, -0.15) is 0 Å². The van der Waals surface area contributed by atoms with Gasteiger partial charge in [0.1, 0.15) is 0 Å². The summed E-state index contributed by atoms with van der Waals surface area (Å²) in [5.41, 5.74) is 0. The van der Waals surface area contributed by atoms with Crippen molar-refractivity contribution in [3.63, 3.8) is 0 Å². The van der Waals surface area contributed by atoms with E-state index in [0.29, 0.717) is 6.04 Å². The van der Waals surface area contributed by atoms with E-state index in [-0.39, 0.29) is 0 Å². The largest absolute Gasteiger partial charge is 0.316 e. The maximum absolute atomic E-state index is 3.54.